The fourth-order valence-corrected chi connectivity index (χ4v) is 6.12. The summed E-state index contributed by atoms with van der Waals surface area (Å²) in [5, 5.41) is 45.0. The van der Waals surface area contributed by atoms with Crippen molar-refractivity contribution in [2.75, 3.05) is 20.3 Å². The molecule has 6 N–H and O–H groups in total. The molecule has 0 spiro atoms. The SMILES string of the molecule is C=C[C@H]1[C@H](OC2OC(CO)C(O)C(O)C2O)OC=C(C(=O)OC)[C@H]1C[C@@H]1NCCc2c1[nH]c1ccc(Br)cc21. The maximum Gasteiger partial charge on any atom is 0.337 e. The molecule has 12 heteroatoms. The zero-order chi connectivity index (χ0) is 27.8. The van der Waals surface area contributed by atoms with Gasteiger partial charge in [0.15, 0.2) is 6.29 Å². The van der Waals surface area contributed by atoms with Crippen molar-refractivity contribution in [3.05, 3.63) is 58.4 Å². The lowest BCUT2D eigenvalue weighted by Gasteiger charge is -2.43. The second-order valence-corrected chi connectivity index (χ2v) is 10.9. The lowest BCUT2D eigenvalue weighted by molar-refractivity contribution is -0.339. The number of aromatic amines is 1. The van der Waals surface area contributed by atoms with Crippen molar-refractivity contribution in [1.29, 1.82) is 0 Å². The average Bonchev–Trinajstić information content (AvgIpc) is 3.31. The molecule has 2 aromatic rings. The molecular formula is C27H33BrN2O9. The predicted octanol–water partition coefficient (Wildman–Crippen LogP) is 1.16. The number of hydrogen-bond acceptors (Lipinski definition) is 10. The summed E-state index contributed by atoms with van der Waals surface area (Å²) in [6.45, 7) is 4.11. The lowest BCUT2D eigenvalue weighted by atomic mass is 9.78. The zero-order valence-corrected chi connectivity index (χ0v) is 22.9. The van der Waals surface area contributed by atoms with Crippen LogP contribution in [0.3, 0.4) is 0 Å². The van der Waals surface area contributed by atoms with Gasteiger partial charge < -0.3 is 49.7 Å². The quantitative estimate of drug-likeness (QED) is 0.198. The summed E-state index contributed by atoms with van der Waals surface area (Å²) in [6.07, 6.45) is -4.10. The Labute approximate surface area is 233 Å². The van der Waals surface area contributed by atoms with E-state index >= 15 is 0 Å². The normalized spacial score (nSPS) is 34.6. The van der Waals surface area contributed by atoms with Crippen molar-refractivity contribution in [2.45, 2.75) is 55.9 Å². The van der Waals surface area contributed by atoms with Gasteiger partial charge in [0.2, 0.25) is 6.29 Å². The smallest absolute Gasteiger partial charge is 0.337 e. The van der Waals surface area contributed by atoms with Crippen LogP contribution in [0.4, 0.5) is 0 Å². The van der Waals surface area contributed by atoms with E-state index in [9.17, 15) is 25.2 Å². The Kier molecular flexibility index (Phi) is 8.45. The first-order valence-corrected chi connectivity index (χ1v) is 13.6. The summed E-state index contributed by atoms with van der Waals surface area (Å²) in [6, 6.07) is 5.97. The number of carbonyl (C=O) groups excluding carboxylic acids is 1. The van der Waals surface area contributed by atoms with Crippen LogP contribution in [0.25, 0.3) is 10.9 Å². The fraction of sp³-hybridized carbons (Fsp3) is 0.519. The van der Waals surface area contributed by atoms with Crippen molar-refractivity contribution < 1.29 is 44.2 Å². The van der Waals surface area contributed by atoms with Crippen molar-refractivity contribution in [1.82, 2.24) is 10.3 Å². The summed E-state index contributed by atoms with van der Waals surface area (Å²) < 4.78 is 23.2. The van der Waals surface area contributed by atoms with Gasteiger partial charge >= 0.3 is 5.97 Å². The van der Waals surface area contributed by atoms with Crippen LogP contribution >= 0.6 is 15.9 Å². The number of ether oxygens (including phenoxy) is 4. The van der Waals surface area contributed by atoms with E-state index in [4.69, 9.17) is 18.9 Å². The minimum atomic E-state index is -1.60. The molecule has 3 aliphatic heterocycles. The third-order valence-electron chi connectivity index (χ3n) is 7.82. The number of nitrogens with one attached hydrogen (secondary N) is 2. The molecule has 5 unspecified atom stereocenters. The molecule has 1 saturated heterocycles. The Balaban J connectivity index is 1.43. The molecule has 212 valence electrons. The highest BCUT2D eigenvalue weighted by molar-refractivity contribution is 9.10. The second kappa shape index (κ2) is 11.7. The standard InChI is InChI=1S/C27H33BrN2O9/c1-3-13-15(9-19-21-14(6-7-29-19)16-8-12(28)4-5-18(16)30-21)17(25(35)36-2)11-37-26(13)39-27-24(34)23(33)22(32)20(10-31)38-27/h3-5,8,11,13,15,19-20,22-24,26-27,29-34H,1,6-7,9-10H2,2H3/t13-,15+,19+,20?,22?,23?,24?,26+,27?/m1/s1. The van der Waals surface area contributed by atoms with Gasteiger partial charge in [0.25, 0.3) is 0 Å². The molecule has 0 aliphatic carbocycles. The van der Waals surface area contributed by atoms with Gasteiger partial charge in [-0.3, -0.25) is 0 Å². The summed E-state index contributed by atoms with van der Waals surface area (Å²) in [5.74, 6) is -1.59. The molecule has 0 amide bonds. The predicted molar refractivity (Wildman–Crippen MR) is 142 cm³/mol. The molecule has 4 heterocycles. The third kappa shape index (κ3) is 5.27. The largest absolute Gasteiger partial charge is 0.471 e. The average molecular weight is 609 g/mol. The van der Waals surface area contributed by atoms with E-state index in [0.717, 1.165) is 34.0 Å². The third-order valence-corrected chi connectivity index (χ3v) is 8.32. The summed E-state index contributed by atoms with van der Waals surface area (Å²) in [4.78, 5) is 16.3. The van der Waals surface area contributed by atoms with Crippen LogP contribution in [-0.2, 0) is 30.2 Å². The minimum absolute atomic E-state index is 0.133. The van der Waals surface area contributed by atoms with E-state index in [-0.39, 0.29) is 6.04 Å². The molecule has 1 fully saturated rings. The van der Waals surface area contributed by atoms with E-state index < -0.39 is 61.4 Å². The summed E-state index contributed by atoms with van der Waals surface area (Å²) in [5.41, 5.74) is 3.59. The summed E-state index contributed by atoms with van der Waals surface area (Å²) in [7, 11) is 1.30. The molecule has 0 bridgehead atoms. The first-order chi connectivity index (χ1) is 18.8. The highest BCUT2D eigenvalue weighted by Crippen LogP contribution is 2.42. The van der Waals surface area contributed by atoms with Crippen LogP contribution in [0.2, 0.25) is 0 Å². The van der Waals surface area contributed by atoms with Crippen LogP contribution in [-0.4, -0.2) is 88.6 Å². The Bertz CT molecular complexity index is 1250. The molecule has 39 heavy (non-hydrogen) atoms. The number of methoxy groups -OCH3 is 1. The molecule has 11 nitrogen and oxygen atoms in total. The molecule has 1 aromatic carbocycles. The number of aliphatic hydroxyl groups excluding tert-OH is 4. The summed E-state index contributed by atoms with van der Waals surface area (Å²) >= 11 is 3.56. The maximum absolute atomic E-state index is 12.8. The number of esters is 1. The number of hydrogen-bond donors (Lipinski definition) is 6. The zero-order valence-electron chi connectivity index (χ0n) is 21.3. The molecule has 0 saturated carbocycles. The topological polar surface area (TPSA) is 163 Å². The molecule has 1 aromatic heterocycles. The van der Waals surface area contributed by atoms with Crippen LogP contribution in [0, 0.1) is 11.8 Å². The first kappa shape index (κ1) is 28.2. The van der Waals surface area contributed by atoms with Gasteiger partial charge in [-0.25, -0.2) is 4.79 Å². The number of H-pyrrole nitrogens is 1. The number of aromatic nitrogens is 1. The molecule has 9 atom stereocenters. The van der Waals surface area contributed by atoms with Gasteiger partial charge in [0, 0.05) is 38.9 Å². The highest BCUT2D eigenvalue weighted by Gasteiger charge is 2.48. The van der Waals surface area contributed by atoms with Crippen LogP contribution < -0.4 is 5.32 Å². The number of fused-ring (bicyclic) bond motifs is 3. The Hall–Kier alpha value is -2.29. The van der Waals surface area contributed by atoms with E-state index in [1.807, 2.05) is 12.1 Å². The van der Waals surface area contributed by atoms with Crippen molar-refractivity contribution in [3.8, 4) is 0 Å². The highest BCUT2D eigenvalue weighted by atomic mass is 79.9. The monoisotopic (exact) mass is 608 g/mol. The van der Waals surface area contributed by atoms with Gasteiger partial charge in [0.05, 0.1) is 25.6 Å². The fourth-order valence-electron chi connectivity index (χ4n) is 5.76. The van der Waals surface area contributed by atoms with Crippen LogP contribution in [0.5, 0.6) is 0 Å². The van der Waals surface area contributed by atoms with E-state index in [2.05, 4.69) is 38.9 Å². The Morgan fingerprint density at radius 2 is 2.03 bits per heavy atom. The van der Waals surface area contributed by atoms with E-state index in [0.29, 0.717) is 12.0 Å². The van der Waals surface area contributed by atoms with Crippen molar-refractivity contribution >= 4 is 32.8 Å². The number of halogens is 1. The second-order valence-electron chi connectivity index (χ2n) is 10.0. The number of rotatable bonds is 7. The lowest BCUT2D eigenvalue weighted by Crippen LogP contribution is -2.60. The Morgan fingerprint density at radius 1 is 1.23 bits per heavy atom. The minimum Gasteiger partial charge on any atom is -0.471 e. The van der Waals surface area contributed by atoms with Gasteiger partial charge in [-0.1, -0.05) is 22.0 Å². The molecular weight excluding hydrogens is 576 g/mol. The van der Waals surface area contributed by atoms with Crippen LogP contribution in [0.1, 0.15) is 23.7 Å². The van der Waals surface area contributed by atoms with E-state index in [1.54, 1.807) is 6.08 Å². The number of aliphatic hydroxyl groups is 4. The molecule has 5 rings (SSSR count). The van der Waals surface area contributed by atoms with Gasteiger partial charge in [0.1, 0.15) is 24.4 Å². The van der Waals surface area contributed by atoms with Gasteiger partial charge in [-0.15, -0.1) is 6.58 Å². The number of carbonyl (C=O) groups is 1. The Morgan fingerprint density at radius 3 is 2.74 bits per heavy atom. The van der Waals surface area contributed by atoms with Gasteiger partial charge in [-0.05, 0) is 43.1 Å². The molecule has 0 radical (unpaired) electrons. The van der Waals surface area contributed by atoms with Crippen molar-refractivity contribution in [2.24, 2.45) is 11.8 Å². The van der Waals surface area contributed by atoms with Crippen molar-refractivity contribution in [3.63, 3.8) is 0 Å². The van der Waals surface area contributed by atoms with Gasteiger partial charge in [-0.2, -0.15) is 0 Å². The van der Waals surface area contributed by atoms with E-state index in [1.165, 1.54) is 18.9 Å². The van der Waals surface area contributed by atoms with Crippen LogP contribution in [0.15, 0.2) is 47.2 Å². The number of benzene rings is 1. The molecule has 3 aliphatic rings. The first-order valence-electron chi connectivity index (χ1n) is 12.8. The maximum atomic E-state index is 12.8.